The Morgan fingerprint density at radius 3 is 1.65 bits per heavy atom. The first kappa shape index (κ1) is 31.3. The van der Waals surface area contributed by atoms with Crippen LogP contribution >= 0.6 is 0 Å². The number of hydrogen-bond donors (Lipinski definition) is 0. The van der Waals surface area contributed by atoms with Crippen molar-refractivity contribution in [1.82, 2.24) is 9.80 Å². The zero-order chi connectivity index (χ0) is 27.9. The highest BCUT2D eigenvalue weighted by molar-refractivity contribution is 5.49. The predicted octanol–water partition coefficient (Wildman–Crippen LogP) is 9.11. The minimum absolute atomic E-state index is 0.0980. The molecule has 0 aliphatic rings. The molecule has 0 aromatic heterocycles. The fraction of sp³-hybridized carbons (Fsp3) is 0.600. The summed E-state index contributed by atoms with van der Waals surface area (Å²) in [5, 5.41) is 0. The molecule has 0 aliphatic carbocycles. The first-order valence-corrected chi connectivity index (χ1v) is 14.5. The molecule has 0 radical (unpaired) electrons. The number of nitrogens with zero attached hydrogens (tertiary/aromatic N) is 2. The molecule has 0 saturated heterocycles. The Morgan fingerprint density at radius 1 is 0.730 bits per heavy atom. The molecule has 0 amide bonds. The van der Waals surface area contributed by atoms with Gasteiger partial charge >= 0.3 is 0 Å². The molecule has 206 valence electrons. The third-order valence-corrected chi connectivity index (χ3v) is 9.51. The van der Waals surface area contributed by atoms with Gasteiger partial charge < -0.3 is 4.90 Å². The smallest absolute Gasteiger partial charge is 0.0410 e. The summed E-state index contributed by atoms with van der Waals surface area (Å²) < 4.78 is 0. The van der Waals surface area contributed by atoms with Crippen molar-refractivity contribution in [2.45, 2.75) is 117 Å². The van der Waals surface area contributed by atoms with Crippen molar-refractivity contribution in [2.75, 3.05) is 20.6 Å². The fourth-order valence-corrected chi connectivity index (χ4v) is 5.75. The van der Waals surface area contributed by atoms with Crippen LogP contribution in [0.5, 0.6) is 0 Å². The van der Waals surface area contributed by atoms with Crippen LogP contribution in [-0.2, 0) is 5.41 Å². The Morgan fingerprint density at radius 2 is 1.22 bits per heavy atom. The highest BCUT2D eigenvalue weighted by Gasteiger charge is 2.37. The first-order chi connectivity index (χ1) is 17.3. The SMILES string of the molecule is CC/C(C)=C(/C)C(CCCC(C)(C)N(C)CCC(C)(C)N(C)C(C)C)(c1ccccc1)c1ccccc1. The van der Waals surface area contributed by atoms with Crippen LogP contribution in [0.2, 0.25) is 0 Å². The molecule has 2 nitrogen and oxygen atoms in total. The maximum Gasteiger partial charge on any atom is 0.0410 e. The summed E-state index contributed by atoms with van der Waals surface area (Å²) in [6.45, 7) is 22.3. The van der Waals surface area contributed by atoms with E-state index in [4.69, 9.17) is 0 Å². The third kappa shape index (κ3) is 7.58. The second-order valence-corrected chi connectivity index (χ2v) is 12.8. The lowest BCUT2D eigenvalue weighted by atomic mass is 9.65. The van der Waals surface area contributed by atoms with Gasteiger partial charge in [-0.05, 0) is 106 Å². The topological polar surface area (TPSA) is 6.48 Å². The number of hydrogen-bond acceptors (Lipinski definition) is 2. The van der Waals surface area contributed by atoms with Gasteiger partial charge in [-0.15, -0.1) is 0 Å². The van der Waals surface area contributed by atoms with Gasteiger partial charge in [-0.1, -0.05) is 85.2 Å². The summed E-state index contributed by atoms with van der Waals surface area (Å²) in [5.41, 5.74) is 6.07. The van der Waals surface area contributed by atoms with E-state index in [9.17, 15) is 0 Å². The van der Waals surface area contributed by atoms with Gasteiger partial charge in [-0.25, -0.2) is 0 Å². The van der Waals surface area contributed by atoms with Gasteiger partial charge in [0.2, 0.25) is 0 Å². The largest absolute Gasteiger partial charge is 0.301 e. The minimum Gasteiger partial charge on any atom is -0.301 e. The average Bonchev–Trinajstić information content (AvgIpc) is 2.89. The molecule has 0 aliphatic heterocycles. The van der Waals surface area contributed by atoms with Gasteiger partial charge in [-0.3, -0.25) is 4.90 Å². The van der Waals surface area contributed by atoms with Gasteiger partial charge in [0.15, 0.2) is 0 Å². The lowest BCUT2D eigenvalue weighted by Gasteiger charge is -2.43. The van der Waals surface area contributed by atoms with Crippen molar-refractivity contribution < 1.29 is 0 Å². The maximum atomic E-state index is 2.59. The predicted molar refractivity (Wildman–Crippen MR) is 164 cm³/mol. The monoisotopic (exact) mass is 504 g/mol. The Hall–Kier alpha value is -1.90. The van der Waals surface area contributed by atoms with Crippen molar-refractivity contribution in [1.29, 1.82) is 0 Å². The fourth-order valence-electron chi connectivity index (χ4n) is 5.75. The summed E-state index contributed by atoms with van der Waals surface area (Å²) in [5.74, 6) is 0. The van der Waals surface area contributed by atoms with E-state index in [2.05, 4.69) is 147 Å². The van der Waals surface area contributed by atoms with Crippen LogP contribution in [0.4, 0.5) is 0 Å². The second-order valence-electron chi connectivity index (χ2n) is 12.8. The highest BCUT2D eigenvalue weighted by Crippen LogP contribution is 2.45. The lowest BCUT2D eigenvalue weighted by Crippen LogP contribution is -2.49. The Kier molecular flexibility index (Phi) is 11.2. The van der Waals surface area contributed by atoms with E-state index < -0.39 is 0 Å². The van der Waals surface area contributed by atoms with Crippen LogP contribution in [0.15, 0.2) is 71.8 Å². The third-order valence-electron chi connectivity index (χ3n) is 9.51. The molecule has 37 heavy (non-hydrogen) atoms. The molecule has 2 aromatic carbocycles. The zero-order valence-electron chi connectivity index (χ0n) is 26.0. The first-order valence-electron chi connectivity index (χ1n) is 14.5. The van der Waals surface area contributed by atoms with Crippen LogP contribution in [0.1, 0.15) is 106 Å². The lowest BCUT2D eigenvalue weighted by molar-refractivity contribution is 0.0734. The van der Waals surface area contributed by atoms with Crippen molar-refractivity contribution in [3.05, 3.63) is 82.9 Å². The standard InChI is InChI=1S/C35H56N2/c1-12-29(4)30(5)35(31-20-15-13-16-21-31,32-22-17-14-18-23-32)25-19-24-33(6,7)36(10)27-26-34(8,9)37(11)28(2)3/h13-18,20-23,28H,12,19,24-27H2,1-11H3/b30-29-. The second kappa shape index (κ2) is 13.3. The highest BCUT2D eigenvalue weighted by atomic mass is 15.2. The van der Waals surface area contributed by atoms with E-state index in [0.717, 1.165) is 25.8 Å². The molecular weight excluding hydrogens is 448 g/mol. The molecule has 0 bridgehead atoms. The average molecular weight is 505 g/mol. The maximum absolute atomic E-state index is 2.59. The van der Waals surface area contributed by atoms with E-state index in [1.54, 1.807) is 0 Å². The summed E-state index contributed by atoms with van der Waals surface area (Å²) >= 11 is 0. The van der Waals surface area contributed by atoms with E-state index >= 15 is 0 Å². The number of benzene rings is 2. The molecule has 2 rings (SSSR count). The zero-order valence-corrected chi connectivity index (χ0v) is 26.0. The molecule has 0 unspecified atom stereocenters. The van der Waals surface area contributed by atoms with Crippen molar-refractivity contribution in [2.24, 2.45) is 0 Å². The quantitative estimate of drug-likeness (QED) is 0.237. The summed E-state index contributed by atoms with van der Waals surface area (Å²) in [4.78, 5) is 5.10. The number of rotatable bonds is 14. The number of allylic oxidation sites excluding steroid dienone is 2. The van der Waals surface area contributed by atoms with Crippen LogP contribution < -0.4 is 0 Å². The van der Waals surface area contributed by atoms with Gasteiger partial charge in [0.25, 0.3) is 0 Å². The van der Waals surface area contributed by atoms with Crippen molar-refractivity contribution in [3.8, 4) is 0 Å². The molecule has 0 spiro atoms. The molecule has 0 saturated carbocycles. The Balaban J connectivity index is 2.31. The summed E-state index contributed by atoms with van der Waals surface area (Å²) in [6, 6.07) is 23.0. The van der Waals surface area contributed by atoms with E-state index in [1.807, 2.05) is 0 Å². The molecule has 0 heterocycles. The van der Waals surface area contributed by atoms with E-state index in [1.165, 1.54) is 35.1 Å². The van der Waals surface area contributed by atoms with E-state index in [-0.39, 0.29) is 16.5 Å². The van der Waals surface area contributed by atoms with Crippen LogP contribution in [0.25, 0.3) is 0 Å². The molecule has 0 fully saturated rings. The minimum atomic E-state index is -0.0980. The van der Waals surface area contributed by atoms with Crippen LogP contribution in [-0.4, -0.2) is 47.6 Å². The van der Waals surface area contributed by atoms with Gasteiger partial charge in [0.1, 0.15) is 0 Å². The normalized spacial score (nSPS) is 14.0. The van der Waals surface area contributed by atoms with Gasteiger partial charge in [0.05, 0.1) is 0 Å². The Labute approximate surface area is 230 Å². The molecule has 2 heteroatoms. The summed E-state index contributed by atoms with van der Waals surface area (Å²) in [6.07, 6.45) is 5.71. The van der Waals surface area contributed by atoms with Crippen molar-refractivity contribution >= 4 is 0 Å². The summed E-state index contributed by atoms with van der Waals surface area (Å²) in [7, 11) is 4.58. The molecule has 2 aromatic rings. The molecule has 0 atom stereocenters. The van der Waals surface area contributed by atoms with Crippen molar-refractivity contribution in [3.63, 3.8) is 0 Å². The van der Waals surface area contributed by atoms with Gasteiger partial charge in [0, 0.05) is 29.1 Å². The van der Waals surface area contributed by atoms with Crippen LogP contribution in [0, 0.1) is 0 Å². The van der Waals surface area contributed by atoms with Crippen LogP contribution in [0.3, 0.4) is 0 Å². The Bertz CT molecular complexity index is 929. The molecular formula is C35H56N2. The van der Waals surface area contributed by atoms with Gasteiger partial charge in [-0.2, -0.15) is 0 Å². The molecule has 0 N–H and O–H groups in total. The van der Waals surface area contributed by atoms with E-state index in [0.29, 0.717) is 6.04 Å².